The average Bonchev–Trinajstić information content (AvgIpc) is 2.97. The number of rotatable bonds is 3. The minimum absolute atomic E-state index is 0.927. The first-order chi connectivity index (χ1) is 18.6. The van der Waals surface area contributed by atoms with Gasteiger partial charge < -0.3 is 0 Å². The zero-order chi connectivity index (χ0) is 25.6. The number of nitrogens with zero attached hydrogens (tertiary/aromatic N) is 4. The Bertz CT molecular complexity index is 2010. The van der Waals surface area contributed by atoms with Crippen LogP contribution in [0.2, 0.25) is 0 Å². The van der Waals surface area contributed by atoms with Gasteiger partial charge in [-0.05, 0) is 72.1 Å². The quantitative estimate of drug-likeness (QED) is 0.235. The van der Waals surface area contributed by atoms with Crippen molar-refractivity contribution in [1.29, 1.82) is 0 Å². The predicted octanol–water partition coefficient (Wildman–Crippen LogP) is 8.34. The molecule has 38 heavy (non-hydrogen) atoms. The minimum Gasteiger partial charge on any atom is -0.254 e. The zero-order valence-corrected chi connectivity index (χ0v) is 21.2. The first-order valence-corrected chi connectivity index (χ1v) is 12.7. The van der Waals surface area contributed by atoms with E-state index in [9.17, 15) is 0 Å². The van der Waals surface area contributed by atoms with Crippen molar-refractivity contribution < 1.29 is 0 Å². The Balaban J connectivity index is 1.33. The Hall–Kier alpha value is -4.96. The number of hydrogen-bond donors (Lipinski definition) is 0. The number of pyridine rings is 4. The van der Waals surface area contributed by atoms with E-state index in [1.807, 2.05) is 24.5 Å². The molecule has 0 saturated carbocycles. The van der Waals surface area contributed by atoms with Crippen molar-refractivity contribution in [3.63, 3.8) is 0 Å². The van der Waals surface area contributed by atoms with Gasteiger partial charge in [0.25, 0.3) is 0 Å². The van der Waals surface area contributed by atoms with Crippen LogP contribution in [0.4, 0.5) is 0 Å². The lowest BCUT2D eigenvalue weighted by molar-refractivity contribution is 1.19. The van der Waals surface area contributed by atoms with Crippen molar-refractivity contribution in [1.82, 2.24) is 19.9 Å². The molecule has 0 aliphatic heterocycles. The summed E-state index contributed by atoms with van der Waals surface area (Å²) in [7, 11) is 0. The van der Waals surface area contributed by atoms with Crippen LogP contribution < -0.4 is 0 Å². The second-order valence-corrected chi connectivity index (χ2v) is 9.72. The summed E-state index contributed by atoms with van der Waals surface area (Å²) in [5.41, 5.74) is 9.97. The molecule has 4 aromatic heterocycles. The van der Waals surface area contributed by atoms with Gasteiger partial charge in [-0.1, -0.05) is 60.7 Å². The molecule has 4 heterocycles. The minimum atomic E-state index is 0.927. The molecule has 0 unspecified atom stereocenters. The molecule has 7 rings (SSSR count). The van der Waals surface area contributed by atoms with Gasteiger partial charge in [0.1, 0.15) is 0 Å². The van der Waals surface area contributed by atoms with Crippen molar-refractivity contribution in [2.75, 3.05) is 0 Å². The fraction of sp³-hybridized carbons (Fsp3) is 0.0588. The highest BCUT2D eigenvalue weighted by Gasteiger charge is 2.12. The summed E-state index contributed by atoms with van der Waals surface area (Å²) in [6.07, 6.45) is 3.65. The summed E-state index contributed by atoms with van der Waals surface area (Å²) in [5, 5.41) is 4.51. The van der Waals surface area contributed by atoms with E-state index >= 15 is 0 Å². The molecule has 180 valence electrons. The third-order valence-corrected chi connectivity index (χ3v) is 7.19. The molecule has 4 nitrogen and oxygen atoms in total. The maximum atomic E-state index is 5.04. The van der Waals surface area contributed by atoms with Crippen molar-refractivity contribution in [3.8, 4) is 33.9 Å². The topological polar surface area (TPSA) is 51.6 Å². The molecule has 0 aliphatic carbocycles. The highest BCUT2D eigenvalue weighted by molar-refractivity contribution is 6.03. The first-order valence-electron chi connectivity index (χ1n) is 12.7. The molecule has 7 aromatic rings. The standard InChI is InChI=1S/C34H24N4/c1-21-5-3-17-35-31(21)32-22(2)7-15-29(37-32)26-12-8-23-9-13-27(20-28(23)19-26)30-16-14-25-11-10-24-6-4-18-36-33(24)34(25)38-30/h3-20H,1-2H3. The van der Waals surface area contributed by atoms with Gasteiger partial charge in [-0.25, -0.2) is 9.97 Å². The lowest BCUT2D eigenvalue weighted by atomic mass is 9.99. The molecule has 0 fully saturated rings. The van der Waals surface area contributed by atoms with Crippen LogP contribution in [0.1, 0.15) is 11.1 Å². The van der Waals surface area contributed by atoms with E-state index in [4.69, 9.17) is 9.97 Å². The lowest BCUT2D eigenvalue weighted by Crippen LogP contribution is -1.96. The largest absolute Gasteiger partial charge is 0.254 e. The smallest absolute Gasteiger partial charge is 0.0972 e. The third kappa shape index (κ3) is 3.78. The molecule has 3 aromatic carbocycles. The SMILES string of the molecule is Cc1cccnc1-c1nc(-c2ccc3ccc(-c4ccc5ccc6cccnc6c5n4)cc3c2)ccc1C. The van der Waals surface area contributed by atoms with Crippen molar-refractivity contribution >= 4 is 32.6 Å². The first kappa shape index (κ1) is 22.3. The Kier molecular flexibility index (Phi) is 5.19. The van der Waals surface area contributed by atoms with Crippen molar-refractivity contribution in [2.24, 2.45) is 0 Å². The fourth-order valence-corrected chi connectivity index (χ4v) is 5.11. The summed E-state index contributed by atoms with van der Waals surface area (Å²) in [6.45, 7) is 4.16. The summed E-state index contributed by atoms with van der Waals surface area (Å²) in [6, 6.07) is 33.7. The molecule has 0 spiro atoms. The predicted molar refractivity (Wildman–Crippen MR) is 156 cm³/mol. The van der Waals surface area contributed by atoms with Crippen LogP contribution in [0.5, 0.6) is 0 Å². The lowest BCUT2D eigenvalue weighted by Gasteiger charge is -2.11. The molecule has 0 saturated heterocycles. The summed E-state index contributed by atoms with van der Waals surface area (Å²) >= 11 is 0. The van der Waals surface area contributed by atoms with Crippen molar-refractivity contribution in [2.45, 2.75) is 13.8 Å². The summed E-state index contributed by atoms with van der Waals surface area (Å²) in [5.74, 6) is 0. The fourth-order valence-electron chi connectivity index (χ4n) is 5.11. The van der Waals surface area contributed by atoms with Gasteiger partial charge >= 0.3 is 0 Å². The highest BCUT2D eigenvalue weighted by Crippen LogP contribution is 2.31. The van der Waals surface area contributed by atoms with Gasteiger partial charge in [-0.15, -0.1) is 0 Å². The number of fused-ring (bicyclic) bond motifs is 4. The Morgan fingerprint density at radius 1 is 0.447 bits per heavy atom. The molecule has 0 radical (unpaired) electrons. The van der Waals surface area contributed by atoms with Gasteiger partial charge in [0.05, 0.1) is 33.8 Å². The zero-order valence-electron chi connectivity index (χ0n) is 21.2. The Labute approximate surface area is 220 Å². The van der Waals surface area contributed by atoms with Crippen LogP contribution in [0, 0.1) is 13.8 Å². The van der Waals surface area contributed by atoms with Gasteiger partial charge in [-0.2, -0.15) is 0 Å². The van der Waals surface area contributed by atoms with E-state index < -0.39 is 0 Å². The molecular weight excluding hydrogens is 464 g/mol. The maximum Gasteiger partial charge on any atom is 0.0972 e. The van der Waals surface area contributed by atoms with E-state index in [0.29, 0.717) is 0 Å². The van der Waals surface area contributed by atoms with E-state index in [-0.39, 0.29) is 0 Å². The number of aryl methyl sites for hydroxylation is 2. The normalized spacial score (nSPS) is 11.4. The van der Waals surface area contributed by atoms with Crippen LogP contribution in [0.3, 0.4) is 0 Å². The average molecular weight is 489 g/mol. The van der Waals surface area contributed by atoms with Crippen LogP contribution in [0.25, 0.3) is 66.5 Å². The molecule has 0 N–H and O–H groups in total. The summed E-state index contributed by atoms with van der Waals surface area (Å²) in [4.78, 5) is 19.3. The molecule has 0 amide bonds. The molecule has 4 heteroatoms. The number of hydrogen-bond acceptors (Lipinski definition) is 4. The molecule has 0 bridgehead atoms. The van der Waals surface area contributed by atoms with Crippen LogP contribution >= 0.6 is 0 Å². The van der Waals surface area contributed by atoms with E-state index in [1.54, 1.807) is 0 Å². The Morgan fingerprint density at radius 3 is 1.84 bits per heavy atom. The molecule has 0 aliphatic rings. The highest BCUT2D eigenvalue weighted by atomic mass is 14.8. The summed E-state index contributed by atoms with van der Waals surface area (Å²) < 4.78 is 0. The van der Waals surface area contributed by atoms with Gasteiger partial charge in [0.15, 0.2) is 0 Å². The van der Waals surface area contributed by atoms with Gasteiger partial charge in [0, 0.05) is 34.3 Å². The van der Waals surface area contributed by atoms with E-state index in [2.05, 4.69) is 109 Å². The van der Waals surface area contributed by atoms with Crippen LogP contribution in [-0.4, -0.2) is 19.9 Å². The van der Waals surface area contributed by atoms with Crippen molar-refractivity contribution in [3.05, 3.63) is 121 Å². The van der Waals surface area contributed by atoms with Gasteiger partial charge in [0.2, 0.25) is 0 Å². The van der Waals surface area contributed by atoms with E-state index in [0.717, 1.165) is 72.2 Å². The Morgan fingerprint density at radius 2 is 1.05 bits per heavy atom. The van der Waals surface area contributed by atoms with Crippen LogP contribution in [-0.2, 0) is 0 Å². The molecular formula is C34H24N4. The second-order valence-electron chi connectivity index (χ2n) is 9.72. The number of aromatic nitrogens is 4. The number of benzene rings is 3. The second kappa shape index (κ2) is 8.86. The third-order valence-electron chi connectivity index (χ3n) is 7.19. The van der Waals surface area contributed by atoms with Gasteiger partial charge in [-0.3, -0.25) is 9.97 Å². The van der Waals surface area contributed by atoms with E-state index in [1.165, 1.54) is 5.39 Å². The monoisotopic (exact) mass is 488 g/mol. The van der Waals surface area contributed by atoms with Crippen LogP contribution in [0.15, 0.2) is 109 Å². The molecule has 0 atom stereocenters. The maximum absolute atomic E-state index is 5.04.